The molecule has 0 radical (unpaired) electrons. The number of piperazine rings is 1. The molecule has 1 saturated heterocycles. The highest BCUT2D eigenvalue weighted by Gasteiger charge is 2.18. The summed E-state index contributed by atoms with van der Waals surface area (Å²) in [5.41, 5.74) is 2.41. The Hall–Kier alpha value is -3.83. The zero-order valence-corrected chi connectivity index (χ0v) is 22.2. The van der Waals surface area contributed by atoms with Crippen LogP contribution in [-0.2, 0) is 9.53 Å². The molecular weight excluding hydrogens is 504 g/mol. The Morgan fingerprint density at radius 3 is 2.55 bits per heavy atom. The number of anilines is 3. The van der Waals surface area contributed by atoms with Crippen molar-refractivity contribution in [1.82, 2.24) is 14.9 Å². The maximum Gasteiger partial charge on any atom is 0.411 e. The van der Waals surface area contributed by atoms with E-state index < -0.39 is 6.09 Å². The third-order valence-corrected chi connectivity index (χ3v) is 6.68. The number of aromatic nitrogens is 2. The van der Waals surface area contributed by atoms with Crippen LogP contribution in [0.2, 0.25) is 0 Å². The van der Waals surface area contributed by atoms with Crippen molar-refractivity contribution in [2.75, 3.05) is 67.2 Å². The first-order valence-electron chi connectivity index (χ1n) is 12.5. The number of carbonyl (C=O) groups is 2. The predicted octanol–water partition coefficient (Wildman–Crippen LogP) is 3.98. The van der Waals surface area contributed by atoms with E-state index in [0.29, 0.717) is 36.4 Å². The molecule has 2 amide bonds. The van der Waals surface area contributed by atoms with Gasteiger partial charge >= 0.3 is 6.09 Å². The van der Waals surface area contributed by atoms with Crippen LogP contribution in [0.3, 0.4) is 0 Å². The number of nitrogens with one attached hydrogen (secondary N) is 2. The SMILES string of the molecule is CCOc1ccccc1NC(=O)OCCN1CCN(c2cccc(NC(=O)CSc3ncccn3)c2)CC1. The van der Waals surface area contributed by atoms with Gasteiger partial charge in [-0.3, -0.25) is 15.0 Å². The van der Waals surface area contributed by atoms with Gasteiger partial charge in [0.15, 0.2) is 5.16 Å². The fourth-order valence-corrected chi connectivity index (χ4v) is 4.57. The van der Waals surface area contributed by atoms with Crippen molar-refractivity contribution in [2.45, 2.75) is 12.1 Å². The quantitative estimate of drug-likeness (QED) is 0.278. The predicted molar refractivity (Wildman–Crippen MR) is 149 cm³/mol. The molecule has 0 aliphatic carbocycles. The number of thioether (sulfide) groups is 1. The molecule has 11 heteroatoms. The van der Waals surface area contributed by atoms with Crippen molar-refractivity contribution >= 4 is 40.8 Å². The maximum absolute atomic E-state index is 12.4. The van der Waals surface area contributed by atoms with Gasteiger partial charge in [0.2, 0.25) is 5.91 Å². The molecule has 1 aliphatic rings. The average molecular weight is 537 g/mol. The lowest BCUT2D eigenvalue weighted by molar-refractivity contribution is -0.113. The summed E-state index contributed by atoms with van der Waals surface area (Å²) in [6.45, 7) is 6.75. The van der Waals surface area contributed by atoms with Crippen LogP contribution < -0.4 is 20.3 Å². The van der Waals surface area contributed by atoms with E-state index in [1.54, 1.807) is 24.5 Å². The number of hydrogen-bond donors (Lipinski definition) is 2. The van der Waals surface area contributed by atoms with Crippen molar-refractivity contribution in [3.05, 3.63) is 67.0 Å². The van der Waals surface area contributed by atoms with E-state index in [9.17, 15) is 9.59 Å². The van der Waals surface area contributed by atoms with Crippen molar-refractivity contribution < 1.29 is 19.1 Å². The summed E-state index contributed by atoms with van der Waals surface area (Å²) in [7, 11) is 0. The first-order valence-corrected chi connectivity index (χ1v) is 13.5. The van der Waals surface area contributed by atoms with Gasteiger partial charge in [-0.1, -0.05) is 30.0 Å². The fraction of sp³-hybridized carbons (Fsp3) is 0.333. The molecule has 4 rings (SSSR count). The Morgan fingerprint density at radius 2 is 1.76 bits per heavy atom. The monoisotopic (exact) mass is 536 g/mol. The van der Waals surface area contributed by atoms with E-state index in [0.717, 1.165) is 37.6 Å². The Morgan fingerprint density at radius 1 is 0.974 bits per heavy atom. The molecule has 0 saturated carbocycles. The van der Waals surface area contributed by atoms with Gasteiger partial charge in [0.1, 0.15) is 12.4 Å². The Kier molecular flexibility index (Phi) is 10.2. The first-order chi connectivity index (χ1) is 18.6. The molecule has 10 nitrogen and oxygen atoms in total. The van der Waals surface area contributed by atoms with Gasteiger partial charge in [-0.15, -0.1) is 0 Å². The number of rotatable bonds is 11. The first kappa shape index (κ1) is 27.2. The topological polar surface area (TPSA) is 109 Å². The van der Waals surface area contributed by atoms with Gasteiger partial charge in [0.25, 0.3) is 0 Å². The Labute approximate surface area is 226 Å². The number of hydrogen-bond acceptors (Lipinski definition) is 9. The lowest BCUT2D eigenvalue weighted by atomic mass is 10.2. The molecule has 0 unspecified atom stereocenters. The highest BCUT2D eigenvalue weighted by Crippen LogP contribution is 2.24. The summed E-state index contributed by atoms with van der Waals surface area (Å²) in [5, 5.41) is 6.27. The van der Waals surface area contributed by atoms with Gasteiger partial charge in [-0.25, -0.2) is 14.8 Å². The highest BCUT2D eigenvalue weighted by molar-refractivity contribution is 7.99. The zero-order valence-electron chi connectivity index (χ0n) is 21.3. The van der Waals surface area contributed by atoms with Gasteiger partial charge in [0, 0.05) is 56.5 Å². The molecule has 1 aromatic heterocycles. The van der Waals surface area contributed by atoms with Crippen molar-refractivity contribution in [3.8, 4) is 5.75 Å². The van der Waals surface area contributed by atoms with Crippen molar-refractivity contribution in [2.24, 2.45) is 0 Å². The molecule has 2 heterocycles. The molecule has 2 aromatic carbocycles. The largest absolute Gasteiger partial charge is 0.492 e. The standard InChI is InChI=1S/C27H32N6O4S/c1-2-36-24-10-4-3-9-23(24)31-27(35)37-18-17-32-13-15-33(16-14-32)22-8-5-7-21(19-22)30-25(34)20-38-26-28-11-6-12-29-26/h3-12,19H,2,13-18,20H2,1H3,(H,30,34)(H,31,35). The van der Waals surface area contributed by atoms with E-state index in [1.165, 1.54) is 11.8 Å². The van der Waals surface area contributed by atoms with E-state index in [1.807, 2.05) is 49.4 Å². The number of para-hydroxylation sites is 2. The number of amides is 2. The smallest absolute Gasteiger partial charge is 0.411 e. The van der Waals surface area contributed by atoms with Crippen LogP contribution in [-0.4, -0.2) is 78.6 Å². The van der Waals surface area contributed by atoms with Gasteiger partial charge in [-0.2, -0.15) is 0 Å². The third kappa shape index (κ3) is 8.35. The van der Waals surface area contributed by atoms with E-state index in [4.69, 9.17) is 9.47 Å². The lowest BCUT2D eigenvalue weighted by Crippen LogP contribution is -2.47. The van der Waals surface area contributed by atoms with Crippen LogP contribution in [0.1, 0.15) is 6.92 Å². The number of carbonyl (C=O) groups excluding carboxylic acids is 2. The summed E-state index contributed by atoms with van der Waals surface area (Å²) in [6.07, 6.45) is 2.82. The van der Waals surface area contributed by atoms with Crippen LogP contribution in [0.25, 0.3) is 0 Å². The summed E-state index contributed by atoms with van der Waals surface area (Å²) in [6, 6.07) is 16.9. The molecule has 1 aliphatic heterocycles. The lowest BCUT2D eigenvalue weighted by Gasteiger charge is -2.36. The Balaban J connectivity index is 1.17. The molecule has 0 spiro atoms. The summed E-state index contributed by atoms with van der Waals surface area (Å²) in [4.78, 5) is 37.4. The molecule has 3 aromatic rings. The summed E-state index contributed by atoms with van der Waals surface area (Å²) >= 11 is 1.30. The second-order valence-corrected chi connectivity index (χ2v) is 9.38. The van der Waals surface area contributed by atoms with Crippen LogP contribution in [0.15, 0.2) is 72.1 Å². The number of nitrogens with zero attached hydrogens (tertiary/aromatic N) is 4. The second kappa shape index (κ2) is 14.2. The normalized spacial score (nSPS) is 13.6. The minimum absolute atomic E-state index is 0.102. The minimum Gasteiger partial charge on any atom is -0.492 e. The molecule has 200 valence electrons. The van der Waals surface area contributed by atoms with Crippen LogP contribution in [0.4, 0.5) is 21.9 Å². The molecule has 0 atom stereocenters. The number of ether oxygens (including phenoxy) is 2. The summed E-state index contributed by atoms with van der Waals surface area (Å²) in [5.74, 6) is 0.758. The molecule has 0 bridgehead atoms. The van der Waals surface area contributed by atoms with E-state index >= 15 is 0 Å². The maximum atomic E-state index is 12.4. The Bertz CT molecular complexity index is 1190. The fourth-order valence-electron chi connectivity index (χ4n) is 3.96. The van der Waals surface area contributed by atoms with Crippen LogP contribution in [0, 0.1) is 0 Å². The van der Waals surface area contributed by atoms with E-state index in [2.05, 4.69) is 30.4 Å². The average Bonchev–Trinajstić information content (AvgIpc) is 2.94. The summed E-state index contributed by atoms with van der Waals surface area (Å²) < 4.78 is 10.9. The van der Waals surface area contributed by atoms with Gasteiger partial charge in [0.05, 0.1) is 18.0 Å². The zero-order chi connectivity index (χ0) is 26.6. The van der Waals surface area contributed by atoms with Crippen LogP contribution in [0.5, 0.6) is 5.75 Å². The number of benzene rings is 2. The molecule has 38 heavy (non-hydrogen) atoms. The van der Waals surface area contributed by atoms with Crippen LogP contribution >= 0.6 is 11.8 Å². The minimum atomic E-state index is -0.496. The van der Waals surface area contributed by atoms with Gasteiger partial charge < -0.3 is 19.7 Å². The van der Waals surface area contributed by atoms with E-state index in [-0.39, 0.29) is 11.7 Å². The third-order valence-electron chi connectivity index (χ3n) is 5.81. The molecular formula is C27H32N6O4S. The van der Waals surface area contributed by atoms with Crippen molar-refractivity contribution in [1.29, 1.82) is 0 Å². The van der Waals surface area contributed by atoms with Crippen molar-refractivity contribution in [3.63, 3.8) is 0 Å². The molecule has 2 N–H and O–H groups in total. The van der Waals surface area contributed by atoms with Gasteiger partial charge in [-0.05, 0) is 43.3 Å². The highest BCUT2D eigenvalue weighted by atomic mass is 32.2. The second-order valence-electron chi connectivity index (χ2n) is 8.44. The molecule has 1 fully saturated rings.